The van der Waals surface area contributed by atoms with Crippen LogP contribution in [0, 0.1) is 17.3 Å². The summed E-state index contributed by atoms with van der Waals surface area (Å²) in [6.07, 6.45) is 6.87. The monoisotopic (exact) mass is 406 g/mol. The van der Waals surface area contributed by atoms with E-state index in [0.717, 1.165) is 23.9 Å². The largest absolute Gasteiger partial charge is 0.543 e. The molecule has 1 unspecified atom stereocenters. The van der Waals surface area contributed by atoms with Crippen LogP contribution < -0.4 is 0 Å². The van der Waals surface area contributed by atoms with E-state index in [1.807, 2.05) is 13.8 Å². The van der Waals surface area contributed by atoms with Gasteiger partial charge in [0.2, 0.25) is 8.32 Å². The minimum Gasteiger partial charge on any atom is -0.543 e. The molecule has 2 aliphatic rings. The molecule has 160 valence electrons. The Hall–Kier alpha value is -0.843. The number of ether oxygens (including phenoxy) is 2. The van der Waals surface area contributed by atoms with Crippen molar-refractivity contribution in [3.05, 3.63) is 35.1 Å². The van der Waals surface area contributed by atoms with E-state index in [2.05, 4.69) is 66.7 Å². The van der Waals surface area contributed by atoms with Gasteiger partial charge in [-0.3, -0.25) is 0 Å². The zero-order valence-electron chi connectivity index (χ0n) is 19.6. The fourth-order valence-electron chi connectivity index (χ4n) is 5.11. The highest BCUT2D eigenvalue weighted by Gasteiger charge is 2.49. The number of allylic oxidation sites excluding steroid dienone is 4. The molecule has 4 heteroatoms. The van der Waals surface area contributed by atoms with Crippen LogP contribution in [0.4, 0.5) is 0 Å². The second-order valence-electron chi connectivity index (χ2n) is 9.26. The molecule has 1 saturated heterocycles. The topological polar surface area (TPSA) is 27.7 Å². The molecule has 1 aliphatic carbocycles. The molecule has 0 saturated carbocycles. The van der Waals surface area contributed by atoms with E-state index in [1.54, 1.807) is 0 Å². The van der Waals surface area contributed by atoms with Crippen molar-refractivity contribution in [1.82, 2.24) is 0 Å². The molecule has 0 aromatic carbocycles. The lowest BCUT2D eigenvalue weighted by Gasteiger charge is -2.50. The maximum absolute atomic E-state index is 6.93. The molecule has 0 aromatic rings. The Bertz CT molecular complexity index is 622. The van der Waals surface area contributed by atoms with E-state index in [0.29, 0.717) is 25.0 Å². The van der Waals surface area contributed by atoms with Gasteiger partial charge in [-0.1, -0.05) is 45.9 Å². The first-order chi connectivity index (χ1) is 13.1. The summed E-state index contributed by atoms with van der Waals surface area (Å²) in [5, 5.41) is 0. The quantitative estimate of drug-likeness (QED) is 0.342. The first-order valence-electron chi connectivity index (χ1n) is 11.1. The maximum Gasteiger partial charge on any atom is 0.250 e. The smallest absolute Gasteiger partial charge is 0.250 e. The van der Waals surface area contributed by atoms with Gasteiger partial charge >= 0.3 is 0 Å². The third kappa shape index (κ3) is 4.49. The minimum atomic E-state index is -1.73. The summed E-state index contributed by atoms with van der Waals surface area (Å²) < 4.78 is 19.3. The molecule has 0 amide bonds. The van der Waals surface area contributed by atoms with E-state index >= 15 is 0 Å². The van der Waals surface area contributed by atoms with Gasteiger partial charge in [-0.25, -0.2) is 0 Å². The van der Waals surface area contributed by atoms with Gasteiger partial charge in [-0.15, -0.1) is 0 Å². The normalized spacial score (nSPS) is 25.9. The molecule has 1 heterocycles. The zero-order valence-corrected chi connectivity index (χ0v) is 20.6. The highest BCUT2D eigenvalue weighted by Crippen LogP contribution is 2.50. The van der Waals surface area contributed by atoms with Crippen LogP contribution in [0.1, 0.15) is 62.3 Å². The van der Waals surface area contributed by atoms with Gasteiger partial charge in [-0.2, -0.15) is 0 Å². The summed E-state index contributed by atoms with van der Waals surface area (Å²) >= 11 is 0. The van der Waals surface area contributed by atoms with Crippen LogP contribution >= 0.6 is 0 Å². The fraction of sp³-hybridized carbons (Fsp3) is 0.750. The Morgan fingerprint density at radius 2 is 1.68 bits per heavy atom. The van der Waals surface area contributed by atoms with Gasteiger partial charge in [-0.05, 0) is 69.8 Å². The van der Waals surface area contributed by atoms with Crippen molar-refractivity contribution in [3.63, 3.8) is 0 Å². The fourth-order valence-corrected chi connectivity index (χ4v) is 7.80. The molecule has 0 bridgehead atoms. The predicted octanol–water partition coefficient (Wildman–Crippen LogP) is 6.84. The Balaban J connectivity index is 2.50. The Labute approximate surface area is 174 Å². The molecule has 0 aromatic heterocycles. The summed E-state index contributed by atoms with van der Waals surface area (Å²) in [5.74, 6) is 1.34. The molecule has 1 aliphatic heterocycles. The van der Waals surface area contributed by atoms with Gasteiger partial charge < -0.3 is 13.9 Å². The molecular formula is C24H42O3Si. The second kappa shape index (κ2) is 8.89. The van der Waals surface area contributed by atoms with Crippen molar-refractivity contribution in [2.45, 2.75) is 86.2 Å². The Morgan fingerprint density at radius 3 is 2.14 bits per heavy atom. The molecule has 0 radical (unpaired) electrons. The standard InChI is InChI=1S/C24H42O3Si/c1-10-14-18(5)21-20(7)22(27-28(11-2,12-3)13-4)19(6)15-24(21)16-25-23(8,9)26-17-24/h10,14-15,18,21H,11-13,16-17H2,1-9H3/b14-10+/t18?,21-/m1/s1. The average Bonchev–Trinajstić information content (AvgIpc) is 2.65. The molecule has 0 N–H and O–H groups in total. The molecule has 28 heavy (non-hydrogen) atoms. The van der Waals surface area contributed by atoms with Crippen molar-refractivity contribution >= 4 is 8.32 Å². The van der Waals surface area contributed by atoms with Crippen LogP contribution in [-0.4, -0.2) is 27.3 Å². The summed E-state index contributed by atoms with van der Waals surface area (Å²) in [7, 11) is -1.73. The van der Waals surface area contributed by atoms with Gasteiger partial charge in [0.1, 0.15) is 5.76 Å². The van der Waals surface area contributed by atoms with Gasteiger partial charge in [0, 0.05) is 11.3 Å². The van der Waals surface area contributed by atoms with Crippen molar-refractivity contribution in [1.29, 1.82) is 0 Å². The Morgan fingerprint density at radius 1 is 1.14 bits per heavy atom. The van der Waals surface area contributed by atoms with Crippen molar-refractivity contribution in [3.8, 4) is 0 Å². The molecule has 2 rings (SSSR count). The predicted molar refractivity (Wildman–Crippen MR) is 121 cm³/mol. The SMILES string of the molecule is C/C=C/C(C)[C@@H]1C(C)=C(O[Si](CC)(CC)CC)C(C)=CC12COC(C)(C)OC2. The maximum atomic E-state index is 6.93. The summed E-state index contributed by atoms with van der Waals surface area (Å²) in [6, 6.07) is 3.47. The average molecular weight is 407 g/mol. The van der Waals surface area contributed by atoms with E-state index in [4.69, 9.17) is 13.9 Å². The van der Waals surface area contributed by atoms with Gasteiger partial charge in [0.25, 0.3) is 0 Å². The van der Waals surface area contributed by atoms with Crippen LogP contribution in [0.2, 0.25) is 18.1 Å². The minimum absolute atomic E-state index is 0.135. The number of rotatable bonds is 7. The summed E-state index contributed by atoms with van der Waals surface area (Å²) in [6.45, 7) is 21.2. The molecule has 2 atom stereocenters. The van der Waals surface area contributed by atoms with Crippen LogP contribution in [0.3, 0.4) is 0 Å². The van der Waals surface area contributed by atoms with Crippen LogP contribution in [-0.2, 0) is 13.9 Å². The van der Waals surface area contributed by atoms with E-state index in [1.165, 1.54) is 11.1 Å². The van der Waals surface area contributed by atoms with Crippen LogP contribution in [0.25, 0.3) is 0 Å². The lowest BCUT2D eigenvalue weighted by Crippen LogP contribution is -2.52. The summed E-state index contributed by atoms with van der Waals surface area (Å²) in [5.41, 5.74) is 2.48. The van der Waals surface area contributed by atoms with Crippen LogP contribution in [0.15, 0.2) is 35.1 Å². The lowest BCUT2D eigenvalue weighted by molar-refractivity contribution is -0.284. The highest BCUT2D eigenvalue weighted by molar-refractivity contribution is 6.73. The number of hydrogen-bond acceptors (Lipinski definition) is 3. The lowest BCUT2D eigenvalue weighted by atomic mass is 9.63. The van der Waals surface area contributed by atoms with Crippen molar-refractivity contribution < 1.29 is 13.9 Å². The first kappa shape index (κ1) is 23.4. The van der Waals surface area contributed by atoms with Crippen molar-refractivity contribution in [2.24, 2.45) is 17.3 Å². The highest BCUT2D eigenvalue weighted by atomic mass is 28.4. The molecular weight excluding hydrogens is 364 g/mol. The van der Waals surface area contributed by atoms with Gasteiger partial charge in [0.15, 0.2) is 5.79 Å². The van der Waals surface area contributed by atoms with Gasteiger partial charge in [0.05, 0.1) is 13.2 Å². The van der Waals surface area contributed by atoms with E-state index in [-0.39, 0.29) is 5.41 Å². The second-order valence-corrected chi connectivity index (χ2v) is 13.9. The molecule has 3 nitrogen and oxygen atoms in total. The molecule has 1 spiro atoms. The third-order valence-electron chi connectivity index (χ3n) is 6.96. The first-order valence-corrected chi connectivity index (χ1v) is 13.6. The van der Waals surface area contributed by atoms with Crippen molar-refractivity contribution in [2.75, 3.05) is 13.2 Å². The van der Waals surface area contributed by atoms with Crippen LogP contribution in [0.5, 0.6) is 0 Å². The number of hydrogen-bond donors (Lipinski definition) is 0. The third-order valence-corrected chi connectivity index (χ3v) is 11.5. The summed E-state index contributed by atoms with van der Waals surface area (Å²) in [4.78, 5) is 0. The Kier molecular flexibility index (Phi) is 7.44. The van der Waals surface area contributed by atoms with E-state index < -0.39 is 14.1 Å². The molecule has 1 fully saturated rings. The zero-order chi connectivity index (χ0) is 21.2. The van der Waals surface area contributed by atoms with E-state index in [9.17, 15) is 0 Å².